The van der Waals surface area contributed by atoms with Gasteiger partial charge in [-0.2, -0.15) is 0 Å². The number of aryl methyl sites for hydroxylation is 2. The molecule has 96 valence electrons. The van der Waals surface area contributed by atoms with E-state index in [1.54, 1.807) is 0 Å². The molecule has 3 heteroatoms. The van der Waals surface area contributed by atoms with Gasteiger partial charge in [0.15, 0.2) is 0 Å². The van der Waals surface area contributed by atoms with E-state index in [9.17, 15) is 4.79 Å². The van der Waals surface area contributed by atoms with Crippen LogP contribution in [-0.4, -0.2) is 15.8 Å². The maximum absolute atomic E-state index is 12.4. The number of hydrogen-bond acceptors (Lipinski definition) is 3. The van der Waals surface area contributed by atoms with Crippen LogP contribution in [0.5, 0.6) is 0 Å². The largest absolute Gasteiger partial charge is 0.287 e. The van der Waals surface area contributed by atoms with E-state index in [1.165, 1.54) is 5.56 Å². The average Bonchev–Trinajstić information content (AvgIpc) is 2.72. The Labute approximate surface area is 116 Å². The van der Waals surface area contributed by atoms with Gasteiger partial charge in [0.25, 0.3) is 0 Å². The second-order valence-electron chi connectivity index (χ2n) is 5.22. The summed E-state index contributed by atoms with van der Waals surface area (Å²) in [5.41, 5.74) is 6.75. The smallest absolute Gasteiger partial charge is 0.214 e. The zero-order valence-electron chi connectivity index (χ0n) is 11.3. The summed E-state index contributed by atoms with van der Waals surface area (Å²) in [6, 6.07) is 11.6. The molecule has 3 aromatic rings. The zero-order chi connectivity index (χ0) is 13.9. The summed E-state index contributed by atoms with van der Waals surface area (Å²) < 4.78 is 0. The lowest BCUT2D eigenvalue weighted by molar-refractivity contribution is 0.103. The average molecular weight is 260 g/mol. The molecule has 0 fully saturated rings. The van der Waals surface area contributed by atoms with E-state index < -0.39 is 0 Å². The first kappa shape index (κ1) is 11.3. The van der Waals surface area contributed by atoms with Crippen molar-refractivity contribution in [1.29, 1.82) is 0 Å². The Kier molecular flexibility index (Phi) is 2.11. The summed E-state index contributed by atoms with van der Waals surface area (Å²) in [6.07, 6.45) is 0. The normalized spacial score (nSPS) is 12.6. The maximum Gasteiger partial charge on any atom is 0.214 e. The highest BCUT2D eigenvalue weighted by atomic mass is 16.1. The van der Waals surface area contributed by atoms with Crippen LogP contribution >= 0.6 is 0 Å². The van der Waals surface area contributed by atoms with Crippen molar-refractivity contribution in [3.63, 3.8) is 0 Å². The molecule has 0 atom stereocenters. The second-order valence-corrected chi connectivity index (χ2v) is 5.22. The molecule has 1 heterocycles. The van der Waals surface area contributed by atoms with Gasteiger partial charge in [-0.05, 0) is 37.1 Å². The van der Waals surface area contributed by atoms with Gasteiger partial charge in [-0.3, -0.25) is 4.79 Å². The van der Waals surface area contributed by atoms with E-state index >= 15 is 0 Å². The minimum Gasteiger partial charge on any atom is -0.287 e. The highest BCUT2D eigenvalue weighted by Crippen LogP contribution is 2.35. The van der Waals surface area contributed by atoms with Crippen LogP contribution in [0.15, 0.2) is 36.4 Å². The van der Waals surface area contributed by atoms with E-state index in [0.717, 1.165) is 22.2 Å². The Balaban J connectivity index is 2.10. The van der Waals surface area contributed by atoms with Crippen molar-refractivity contribution in [2.75, 3.05) is 0 Å². The molecule has 0 saturated heterocycles. The van der Waals surface area contributed by atoms with Crippen LogP contribution < -0.4 is 0 Å². The quantitative estimate of drug-likeness (QED) is 0.486. The van der Waals surface area contributed by atoms with Crippen LogP contribution in [0.2, 0.25) is 0 Å². The lowest BCUT2D eigenvalue weighted by atomic mass is 10.1. The molecule has 1 aliphatic rings. The fraction of sp³-hybridized carbons (Fsp3) is 0.118. The monoisotopic (exact) mass is 260 g/mol. The highest BCUT2D eigenvalue weighted by Gasteiger charge is 2.29. The highest BCUT2D eigenvalue weighted by molar-refractivity contribution is 6.20. The summed E-state index contributed by atoms with van der Waals surface area (Å²) in [5.74, 6) is -0.0248. The standard InChI is InChI=1S/C17H12N2O/c1-9-7-13-14(8-10(9)2)19-16-15(18-13)11-5-3-4-6-12(11)17(16)20/h3-8H,1-2H3. The Bertz CT molecular complexity index is 897. The number of carbonyl (C=O) groups excluding carboxylic acids is 1. The van der Waals surface area contributed by atoms with Gasteiger partial charge < -0.3 is 0 Å². The maximum atomic E-state index is 12.4. The summed E-state index contributed by atoms with van der Waals surface area (Å²) >= 11 is 0. The van der Waals surface area contributed by atoms with Crippen LogP contribution in [0, 0.1) is 13.8 Å². The predicted molar refractivity (Wildman–Crippen MR) is 77.9 cm³/mol. The number of carbonyl (C=O) groups is 1. The van der Waals surface area contributed by atoms with E-state index in [1.807, 2.05) is 43.3 Å². The first-order valence-corrected chi connectivity index (χ1v) is 6.58. The Morgan fingerprint density at radius 3 is 2.00 bits per heavy atom. The number of ketones is 1. The number of rotatable bonds is 0. The molecule has 1 aromatic heterocycles. The van der Waals surface area contributed by atoms with Crippen LogP contribution in [0.1, 0.15) is 27.2 Å². The molecule has 4 rings (SSSR count). The number of hydrogen-bond donors (Lipinski definition) is 0. The molecular formula is C17H12N2O. The lowest BCUT2D eigenvalue weighted by Gasteiger charge is -2.05. The van der Waals surface area contributed by atoms with E-state index in [0.29, 0.717) is 17.0 Å². The fourth-order valence-electron chi connectivity index (χ4n) is 2.67. The van der Waals surface area contributed by atoms with Gasteiger partial charge in [0.05, 0.1) is 11.0 Å². The summed E-state index contributed by atoms with van der Waals surface area (Å²) in [5, 5.41) is 0. The fourth-order valence-corrected chi connectivity index (χ4v) is 2.67. The van der Waals surface area contributed by atoms with Crippen LogP contribution in [0.3, 0.4) is 0 Å². The molecule has 2 aromatic carbocycles. The van der Waals surface area contributed by atoms with Gasteiger partial charge in [0, 0.05) is 11.1 Å². The number of benzene rings is 2. The van der Waals surface area contributed by atoms with Gasteiger partial charge in [-0.15, -0.1) is 0 Å². The van der Waals surface area contributed by atoms with Crippen molar-refractivity contribution < 1.29 is 4.79 Å². The molecule has 0 aliphatic heterocycles. The molecule has 0 amide bonds. The molecule has 0 radical (unpaired) electrons. The minimum atomic E-state index is -0.0248. The van der Waals surface area contributed by atoms with Crippen molar-refractivity contribution in [3.8, 4) is 11.3 Å². The summed E-state index contributed by atoms with van der Waals surface area (Å²) in [7, 11) is 0. The molecule has 3 nitrogen and oxygen atoms in total. The molecule has 0 unspecified atom stereocenters. The first-order valence-electron chi connectivity index (χ1n) is 6.58. The third kappa shape index (κ3) is 1.37. The number of aromatic nitrogens is 2. The van der Waals surface area contributed by atoms with E-state index in [2.05, 4.69) is 16.9 Å². The van der Waals surface area contributed by atoms with E-state index in [4.69, 9.17) is 0 Å². The zero-order valence-corrected chi connectivity index (χ0v) is 11.3. The van der Waals surface area contributed by atoms with Crippen molar-refractivity contribution in [2.45, 2.75) is 13.8 Å². The first-order chi connectivity index (χ1) is 9.65. The van der Waals surface area contributed by atoms with Crippen molar-refractivity contribution >= 4 is 16.8 Å². The topological polar surface area (TPSA) is 42.9 Å². The number of fused-ring (bicyclic) bond motifs is 4. The minimum absolute atomic E-state index is 0.0248. The van der Waals surface area contributed by atoms with Crippen molar-refractivity contribution in [1.82, 2.24) is 9.97 Å². The third-order valence-electron chi connectivity index (χ3n) is 3.92. The van der Waals surface area contributed by atoms with Gasteiger partial charge in [-0.25, -0.2) is 9.97 Å². The van der Waals surface area contributed by atoms with Gasteiger partial charge in [0.1, 0.15) is 11.4 Å². The van der Waals surface area contributed by atoms with E-state index in [-0.39, 0.29) is 5.78 Å². The third-order valence-corrected chi connectivity index (χ3v) is 3.92. The van der Waals surface area contributed by atoms with Crippen molar-refractivity contribution in [2.24, 2.45) is 0 Å². The molecule has 0 bridgehead atoms. The van der Waals surface area contributed by atoms with Crippen molar-refractivity contribution in [3.05, 3.63) is 58.8 Å². The summed E-state index contributed by atoms with van der Waals surface area (Å²) in [4.78, 5) is 21.6. The summed E-state index contributed by atoms with van der Waals surface area (Å²) in [6.45, 7) is 4.10. The Morgan fingerprint density at radius 1 is 0.800 bits per heavy atom. The predicted octanol–water partition coefficient (Wildman–Crippen LogP) is 3.46. The molecular weight excluding hydrogens is 248 g/mol. The van der Waals surface area contributed by atoms with Crippen LogP contribution in [0.4, 0.5) is 0 Å². The van der Waals surface area contributed by atoms with Gasteiger partial charge in [0.2, 0.25) is 5.78 Å². The molecule has 0 spiro atoms. The SMILES string of the molecule is Cc1cc2nc3c(nc2cc1C)-c1ccccc1C3=O. The number of nitrogens with zero attached hydrogens (tertiary/aromatic N) is 2. The molecule has 0 N–H and O–H groups in total. The molecule has 20 heavy (non-hydrogen) atoms. The molecule has 0 saturated carbocycles. The van der Waals surface area contributed by atoms with Gasteiger partial charge >= 0.3 is 0 Å². The van der Waals surface area contributed by atoms with Crippen LogP contribution in [0.25, 0.3) is 22.3 Å². The Morgan fingerprint density at radius 2 is 1.35 bits per heavy atom. The Hall–Kier alpha value is -2.55. The lowest BCUT2D eigenvalue weighted by Crippen LogP contribution is -2.00. The van der Waals surface area contributed by atoms with Crippen LogP contribution in [-0.2, 0) is 0 Å². The second kappa shape index (κ2) is 3.73. The molecule has 1 aliphatic carbocycles. The van der Waals surface area contributed by atoms with Gasteiger partial charge in [-0.1, -0.05) is 24.3 Å².